The van der Waals surface area contributed by atoms with Crippen LogP contribution in [0.3, 0.4) is 0 Å². The molecule has 1 aliphatic rings. The first-order valence-electron chi connectivity index (χ1n) is 9.84. The van der Waals surface area contributed by atoms with Gasteiger partial charge in [-0.25, -0.2) is 5.43 Å². The molecule has 2 aromatic rings. The van der Waals surface area contributed by atoms with Crippen LogP contribution in [-0.2, 0) is 6.54 Å². The number of non-ortho nitro benzene ring substituents is 1. The highest BCUT2D eigenvalue weighted by Gasteiger charge is 2.29. The maximum absolute atomic E-state index is 11.7. The molecule has 1 saturated heterocycles. The number of nitrogens with zero attached hydrogens (tertiary/aromatic N) is 3. The van der Waals surface area contributed by atoms with Gasteiger partial charge in [-0.1, -0.05) is 6.07 Å². The van der Waals surface area contributed by atoms with Crippen molar-refractivity contribution in [3.8, 4) is 11.5 Å². The van der Waals surface area contributed by atoms with E-state index in [0.717, 1.165) is 37.4 Å². The van der Waals surface area contributed by atoms with Crippen LogP contribution in [0.5, 0.6) is 11.5 Å². The molecule has 3 rings (SSSR count). The number of hydrogen-bond donors (Lipinski definition) is 2. The Bertz CT molecular complexity index is 948. The summed E-state index contributed by atoms with van der Waals surface area (Å²) in [5.41, 5.74) is 3.73. The van der Waals surface area contributed by atoms with Crippen LogP contribution >= 0.6 is 0 Å². The molecule has 2 N–H and O–H groups in total. The molecule has 0 radical (unpaired) electrons. The Morgan fingerprint density at radius 2 is 1.84 bits per heavy atom. The van der Waals surface area contributed by atoms with Gasteiger partial charge in [0.05, 0.1) is 36.3 Å². The lowest BCUT2D eigenvalue weighted by atomic mass is 10.1. The summed E-state index contributed by atoms with van der Waals surface area (Å²) in [6, 6.07) is 9.15. The van der Waals surface area contributed by atoms with E-state index in [4.69, 9.17) is 9.47 Å². The minimum Gasteiger partial charge on any atom is -0.493 e. The maximum atomic E-state index is 11.7. The Labute approximate surface area is 179 Å². The molecule has 2 aromatic carbocycles. The minimum absolute atomic E-state index is 0.200. The predicted octanol–water partition coefficient (Wildman–Crippen LogP) is 3.13. The van der Waals surface area contributed by atoms with E-state index in [2.05, 4.69) is 10.7 Å². The number of nitro benzene ring substituents is 2. The van der Waals surface area contributed by atoms with Gasteiger partial charge in [-0.15, -0.1) is 0 Å². The van der Waals surface area contributed by atoms with E-state index >= 15 is 0 Å². The van der Waals surface area contributed by atoms with Crippen LogP contribution in [0, 0.1) is 20.2 Å². The topological polar surface area (TPSA) is 132 Å². The first-order valence-corrected chi connectivity index (χ1v) is 9.84. The fourth-order valence-corrected chi connectivity index (χ4v) is 3.56. The number of nitro groups is 2. The lowest BCUT2D eigenvalue weighted by Gasteiger charge is -2.36. The van der Waals surface area contributed by atoms with Gasteiger partial charge < -0.3 is 9.47 Å². The number of anilines is 1. The van der Waals surface area contributed by atoms with Crippen molar-refractivity contribution in [3.05, 3.63) is 62.2 Å². The molecular weight excluding hydrogens is 406 g/mol. The van der Waals surface area contributed by atoms with Gasteiger partial charge in [-0.2, -0.15) is 0 Å². The summed E-state index contributed by atoms with van der Waals surface area (Å²) in [6.07, 6.45) is 2.55. The number of ether oxygens (including phenoxy) is 2. The van der Waals surface area contributed by atoms with Gasteiger partial charge in [0, 0.05) is 12.6 Å². The Hall–Kier alpha value is -3.44. The van der Waals surface area contributed by atoms with Crippen LogP contribution in [0.4, 0.5) is 17.1 Å². The van der Waals surface area contributed by atoms with Crippen molar-refractivity contribution in [1.29, 1.82) is 0 Å². The molecule has 0 spiro atoms. The van der Waals surface area contributed by atoms with E-state index in [0.29, 0.717) is 18.0 Å². The van der Waals surface area contributed by atoms with E-state index < -0.39 is 9.85 Å². The third kappa shape index (κ3) is 5.19. The lowest BCUT2D eigenvalue weighted by molar-refractivity contribution is -0.393. The number of nitrogens with one attached hydrogen (secondary N) is 2. The van der Waals surface area contributed by atoms with E-state index in [1.54, 1.807) is 25.3 Å². The largest absolute Gasteiger partial charge is 0.493 e. The Kier molecular flexibility index (Phi) is 7.21. The summed E-state index contributed by atoms with van der Waals surface area (Å²) in [6.45, 7) is 1.13. The van der Waals surface area contributed by atoms with Crippen molar-refractivity contribution in [1.82, 2.24) is 10.7 Å². The van der Waals surface area contributed by atoms with Crippen LogP contribution in [-0.4, -0.2) is 36.8 Å². The summed E-state index contributed by atoms with van der Waals surface area (Å²) < 4.78 is 10.6. The quantitative estimate of drug-likeness (QED) is 0.454. The molecule has 0 bridgehead atoms. The zero-order valence-corrected chi connectivity index (χ0v) is 17.4. The van der Waals surface area contributed by atoms with Crippen molar-refractivity contribution in [2.45, 2.75) is 32.0 Å². The average Bonchev–Trinajstić information content (AvgIpc) is 2.79. The zero-order valence-electron chi connectivity index (χ0n) is 17.4. The summed E-state index contributed by atoms with van der Waals surface area (Å²) in [5, 5.41) is 27.8. The molecule has 166 valence electrons. The number of benzene rings is 2. The van der Waals surface area contributed by atoms with E-state index in [1.807, 2.05) is 12.1 Å². The van der Waals surface area contributed by atoms with Gasteiger partial charge in [0.15, 0.2) is 11.5 Å². The zero-order chi connectivity index (χ0) is 22.4. The van der Waals surface area contributed by atoms with Crippen molar-refractivity contribution in [2.75, 3.05) is 25.8 Å². The predicted molar refractivity (Wildman–Crippen MR) is 114 cm³/mol. The van der Waals surface area contributed by atoms with Crippen LogP contribution in [0.1, 0.15) is 24.8 Å². The summed E-state index contributed by atoms with van der Waals surface area (Å²) in [4.78, 5) is 21.5. The highest BCUT2D eigenvalue weighted by molar-refractivity contribution is 5.66. The maximum Gasteiger partial charge on any atom is 0.300 e. The molecule has 1 unspecified atom stereocenters. The van der Waals surface area contributed by atoms with Gasteiger partial charge in [0.25, 0.3) is 5.69 Å². The fraction of sp³-hybridized carbons (Fsp3) is 0.400. The highest BCUT2D eigenvalue weighted by atomic mass is 16.6. The molecule has 0 amide bonds. The molecule has 1 fully saturated rings. The third-order valence-electron chi connectivity index (χ3n) is 5.12. The first kappa shape index (κ1) is 22.2. The second kappa shape index (κ2) is 10.0. The van der Waals surface area contributed by atoms with E-state index in [9.17, 15) is 20.2 Å². The van der Waals surface area contributed by atoms with Gasteiger partial charge >= 0.3 is 5.69 Å². The van der Waals surface area contributed by atoms with Crippen LogP contribution in [0.25, 0.3) is 0 Å². The van der Waals surface area contributed by atoms with Crippen molar-refractivity contribution < 1.29 is 19.3 Å². The van der Waals surface area contributed by atoms with E-state index in [1.165, 1.54) is 12.1 Å². The van der Waals surface area contributed by atoms with Gasteiger partial charge in [-0.3, -0.25) is 30.6 Å². The van der Waals surface area contributed by atoms with Crippen molar-refractivity contribution in [2.24, 2.45) is 0 Å². The molecule has 0 aromatic heterocycles. The first-order chi connectivity index (χ1) is 14.9. The standard InChI is InChI=1S/C20H25N5O6/c1-30-18-9-6-14(11-19(18)31-2)13-22-23(20-5-3-4-10-21-20)16-8-7-15(24(26)27)12-17(16)25(28)29/h6-9,11-12,20-22H,3-5,10,13H2,1-2H3. The number of methoxy groups -OCH3 is 2. The van der Waals surface area contributed by atoms with Crippen LogP contribution in [0.15, 0.2) is 36.4 Å². The number of rotatable bonds is 9. The molecule has 1 heterocycles. The summed E-state index contributed by atoms with van der Waals surface area (Å²) in [5.74, 6) is 1.17. The monoisotopic (exact) mass is 431 g/mol. The fourth-order valence-electron chi connectivity index (χ4n) is 3.56. The SMILES string of the molecule is COc1ccc(CNN(c2ccc([N+](=O)[O-])cc2[N+](=O)[O-])C2CCCCN2)cc1OC. The molecule has 31 heavy (non-hydrogen) atoms. The van der Waals surface area contributed by atoms with Crippen LogP contribution in [0.2, 0.25) is 0 Å². The highest BCUT2D eigenvalue weighted by Crippen LogP contribution is 2.33. The second-order valence-electron chi connectivity index (χ2n) is 7.05. The van der Waals surface area contributed by atoms with E-state index in [-0.39, 0.29) is 23.2 Å². The molecular formula is C20H25N5O6. The number of hydrazine groups is 1. The molecule has 1 atom stereocenters. The third-order valence-corrected chi connectivity index (χ3v) is 5.12. The van der Waals surface area contributed by atoms with Gasteiger partial charge in [-0.05, 0) is 49.6 Å². The normalized spacial score (nSPS) is 15.9. The van der Waals surface area contributed by atoms with Gasteiger partial charge in [0.2, 0.25) is 0 Å². The van der Waals surface area contributed by atoms with Crippen molar-refractivity contribution >= 4 is 17.1 Å². The van der Waals surface area contributed by atoms with Crippen molar-refractivity contribution in [3.63, 3.8) is 0 Å². The molecule has 11 heteroatoms. The smallest absolute Gasteiger partial charge is 0.300 e. The molecule has 0 aliphatic carbocycles. The molecule has 1 aliphatic heterocycles. The Balaban J connectivity index is 1.92. The number of piperidine rings is 1. The second-order valence-corrected chi connectivity index (χ2v) is 7.05. The van der Waals surface area contributed by atoms with Gasteiger partial charge in [0.1, 0.15) is 5.69 Å². The summed E-state index contributed by atoms with van der Waals surface area (Å²) >= 11 is 0. The number of hydrogen-bond acceptors (Lipinski definition) is 9. The Morgan fingerprint density at radius 3 is 2.45 bits per heavy atom. The summed E-state index contributed by atoms with van der Waals surface area (Å²) in [7, 11) is 3.10. The minimum atomic E-state index is -0.642. The average molecular weight is 431 g/mol. The Morgan fingerprint density at radius 1 is 1.06 bits per heavy atom. The molecule has 11 nitrogen and oxygen atoms in total. The van der Waals surface area contributed by atoms with Crippen LogP contribution < -0.4 is 25.2 Å². The lowest BCUT2D eigenvalue weighted by Crippen LogP contribution is -2.54. The molecule has 0 saturated carbocycles.